The van der Waals surface area contributed by atoms with E-state index in [9.17, 15) is 24.4 Å². The third-order valence-corrected chi connectivity index (χ3v) is 9.31. The summed E-state index contributed by atoms with van der Waals surface area (Å²) in [5.41, 5.74) is 11.5. The lowest BCUT2D eigenvalue weighted by Gasteiger charge is -2.34. The molecule has 3 aliphatic rings. The number of aliphatic hydroxyl groups excluding tert-OH is 2. The molecule has 3 aliphatic heterocycles. The minimum absolute atomic E-state index is 0.102. The summed E-state index contributed by atoms with van der Waals surface area (Å²) < 4.78 is 41.1. The lowest BCUT2D eigenvalue weighted by atomic mass is 9.92. The van der Waals surface area contributed by atoms with Crippen LogP contribution in [-0.4, -0.2) is 102 Å². The maximum absolute atomic E-state index is 14.0. The van der Waals surface area contributed by atoms with E-state index in [2.05, 4.69) is 19.9 Å². The van der Waals surface area contributed by atoms with Gasteiger partial charge >= 0.3 is 19.7 Å². The highest BCUT2D eigenvalue weighted by Crippen LogP contribution is 2.48. The maximum Gasteiger partial charge on any atom is 0.459 e. The number of benzene rings is 1. The lowest BCUT2D eigenvalue weighted by Crippen LogP contribution is -2.48. The number of nitrogens with one attached hydrogen (secondary N) is 1. The number of carbonyl (C=O) groups is 2. The van der Waals surface area contributed by atoms with Crippen LogP contribution in [0, 0.1) is 5.92 Å². The van der Waals surface area contributed by atoms with Gasteiger partial charge in [-0.25, -0.2) is 9.56 Å². The van der Waals surface area contributed by atoms with Crippen LogP contribution in [0.4, 0.5) is 0 Å². The summed E-state index contributed by atoms with van der Waals surface area (Å²) in [6.07, 6.45) is -0.452. The highest BCUT2D eigenvalue weighted by Gasteiger charge is 2.57. The number of nitrogens with zero attached hydrogens (tertiary/aromatic N) is 3. The minimum atomic E-state index is -4.36. The van der Waals surface area contributed by atoms with E-state index in [1.165, 1.54) is 46.5 Å². The quantitative estimate of drug-likeness (QED) is 0.147. The second kappa shape index (κ2) is 13.3. The molecule has 9 atom stereocenters. The third-order valence-electron chi connectivity index (χ3n) is 7.69. The van der Waals surface area contributed by atoms with Crippen LogP contribution in [0.25, 0.3) is 0 Å². The fourth-order valence-electron chi connectivity index (χ4n) is 5.26. The molecule has 17 heteroatoms. The second-order valence-corrected chi connectivity index (χ2v) is 12.7. The zero-order valence-electron chi connectivity index (χ0n) is 25.0. The van der Waals surface area contributed by atoms with Crippen LogP contribution >= 0.6 is 7.75 Å². The highest BCUT2D eigenvalue weighted by atomic mass is 31.2. The fourth-order valence-corrected chi connectivity index (χ4v) is 6.85. The zero-order valence-corrected chi connectivity index (χ0v) is 25.9. The number of hydrogen-bond acceptors (Lipinski definition) is 15. The predicted octanol–water partition coefficient (Wildman–Crippen LogP) is -0.218. The molecule has 0 radical (unpaired) electrons. The van der Waals surface area contributed by atoms with Crippen molar-refractivity contribution >= 4 is 31.9 Å². The van der Waals surface area contributed by atoms with Gasteiger partial charge < -0.3 is 40.4 Å². The van der Waals surface area contributed by atoms with E-state index in [4.69, 9.17) is 30.0 Å². The Labute approximate surface area is 254 Å². The number of aliphatic imine (C=N–C) groups is 1. The first-order chi connectivity index (χ1) is 20.7. The van der Waals surface area contributed by atoms with Crippen LogP contribution in [0.5, 0.6) is 5.75 Å². The molecule has 0 amide bonds. The molecule has 1 aromatic rings. The Kier molecular flexibility index (Phi) is 10.1. The van der Waals surface area contributed by atoms with Crippen LogP contribution < -0.4 is 21.1 Å². The van der Waals surface area contributed by atoms with Gasteiger partial charge in [-0.15, -0.1) is 0 Å². The number of aliphatic hydroxyl groups is 2. The second-order valence-electron chi connectivity index (χ2n) is 11.0. The van der Waals surface area contributed by atoms with Crippen molar-refractivity contribution in [3.05, 3.63) is 41.6 Å². The van der Waals surface area contributed by atoms with Gasteiger partial charge in [0, 0.05) is 5.92 Å². The Bertz CT molecular complexity index is 1370. The molecule has 0 aliphatic carbocycles. The summed E-state index contributed by atoms with van der Waals surface area (Å²) in [5.74, 6) is -1.12. The first-order valence-electron chi connectivity index (χ1n) is 13.8. The Balaban J connectivity index is 1.50. The summed E-state index contributed by atoms with van der Waals surface area (Å²) in [6, 6.07) is 3.69. The Hall–Kier alpha value is -3.37. The number of carbonyl (C=O) groups excluding carboxylic acids is 2. The van der Waals surface area contributed by atoms with Crippen LogP contribution in [0.15, 0.2) is 46.1 Å². The molecule has 0 bridgehead atoms. The van der Waals surface area contributed by atoms with Gasteiger partial charge in [-0.2, -0.15) is 10.2 Å². The minimum Gasteiger partial charge on any atom is -0.468 e. The number of methoxy groups -OCH3 is 2. The van der Waals surface area contributed by atoms with Crippen molar-refractivity contribution in [3.8, 4) is 5.75 Å². The van der Waals surface area contributed by atoms with Gasteiger partial charge in [0.15, 0.2) is 5.84 Å². The number of hydrazone groups is 1. The fraction of sp³-hybridized carbons (Fsp3) is 0.556. The highest BCUT2D eigenvalue weighted by molar-refractivity contribution is 7.52. The summed E-state index contributed by atoms with van der Waals surface area (Å²) in [6.45, 7) is 4.28. The number of rotatable bonds is 12. The van der Waals surface area contributed by atoms with E-state index in [0.29, 0.717) is 11.3 Å². The standard InChI is InChI=1S/C27H39N6O10P/c1-14-10-19-24(29)30-13-31-33(19)20(14)22-21(34)23(35)27(3,42-22)12-41-44(38,32-15(2)25(36)39-4)43-17-8-6-16(7-9-17)11-18(28)26(37)40-5/h6-10,13-15,18,20-23,34-35H,11-12,28H2,1-5H3,(H,32,38)(H2,29,30,31)/t14?,15-,18-,20?,21-,22-,23-,27+,44?/m0/s1. The molecule has 3 heterocycles. The van der Waals surface area contributed by atoms with Gasteiger partial charge in [0.05, 0.1) is 32.6 Å². The number of ether oxygens (including phenoxy) is 3. The summed E-state index contributed by atoms with van der Waals surface area (Å²) in [7, 11) is -1.94. The van der Waals surface area contributed by atoms with Crippen molar-refractivity contribution in [1.29, 1.82) is 0 Å². The van der Waals surface area contributed by atoms with Crippen molar-refractivity contribution in [2.75, 3.05) is 20.8 Å². The maximum atomic E-state index is 14.0. The molecular weight excluding hydrogens is 599 g/mol. The molecule has 4 rings (SSSR count). The van der Waals surface area contributed by atoms with Gasteiger partial charge in [0.2, 0.25) is 0 Å². The van der Waals surface area contributed by atoms with Gasteiger partial charge in [0.1, 0.15) is 48.1 Å². The average Bonchev–Trinajstić information content (AvgIpc) is 3.45. The van der Waals surface area contributed by atoms with Crippen LogP contribution in [0.1, 0.15) is 26.3 Å². The van der Waals surface area contributed by atoms with Gasteiger partial charge in [-0.05, 0) is 38.0 Å². The van der Waals surface area contributed by atoms with Crippen molar-refractivity contribution in [2.24, 2.45) is 27.5 Å². The molecule has 16 nitrogen and oxygen atoms in total. The van der Waals surface area contributed by atoms with Crippen molar-refractivity contribution in [2.45, 2.75) is 69.2 Å². The largest absolute Gasteiger partial charge is 0.468 e. The topological polar surface area (TPSA) is 230 Å². The molecule has 0 saturated carbocycles. The van der Waals surface area contributed by atoms with Gasteiger partial charge in [-0.1, -0.05) is 25.1 Å². The van der Waals surface area contributed by atoms with E-state index >= 15 is 0 Å². The normalized spacial score (nSPS) is 30.5. The molecular formula is C27H39N6O10P. The molecule has 7 N–H and O–H groups in total. The summed E-state index contributed by atoms with van der Waals surface area (Å²) in [5, 5.41) is 30.6. The van der Waals surface area contributed by atoms with Crippen LogP contribution in [-0.2, 0) is 39.3 Å². The Morgan fingerprint density at radius 2 is 1.86 bits per heavy atom. The van der Waals surface area contributed by atoms with Crippen molar-refractivity contribution in [1.82, 2.24) is 10.1 Å². The van der Waals surface area contributed by atoms with E-state index in [-0.39, 0.29) is 23.9 Å². The van der Waals surface area contributed by atoms with Crippen molar-refractivity contribution in [3.63, 3.8) is 0 Å². The third kappa shape index (κ3) is 6.96. The number of amidine groups is 1. The van der Waals surface area contributed by atoms with E-state index in [1.807, 2.05) is 13.0 Å². The predicted molar refractivity (Wildman–Crippen MR) is 157 cm³/mol. The number of hydrogen-bond donors (Lipinski definition) is 5. The van der Waals surface area contributed by atoms with Gasteiger partial charge in [-0.3, -0.25) is 19.1 Å². The average molecular weight is 639 g/mol. The van der Waals surface area contributed by atoms with Crippen molar-refractivity contribution < 1.29 is 47.6 Å². The number of fused-ring (bicyclic) bond motifs is 1. The number of nitrogens with two attached hydrogens (primary N) is 2. The van der Waals surface area contributed by atoms with Gasteiger partial charge in [0.25, 0.3) is 0 Å². The first kappa shape index (κ1) is 33.5. The summed E-state index contributed by atoms with van der Waals surface area (Å²) in [4.78, 5) is 27.8. The number of esters is 2. The molecule has 0 aromatic heterocycles. The molecule has 0 spiro atoms. The Morgan fingerprint density at radius 3 is 2.50 bits per heavy atom. The molecule has 242 valence electrons. The smallest absolute Gasteiger partial charge is 0.459 e. The monoisotopic (exact) mass is 638 g/mol. The lowest BCUT2D eigenvalue weighted by molar-refractivity contribution is -0.143. The van der Waals surface area contributed by atoms with E-state index in [1.54, 1.807) is 17.1 Å². The van der Waals surface area contributed by atoms with E-state index in [0.717, 1.165) is 0 Å². The molecule has 3 unspecified atom stereocenters. The molecule has 1 saturated heterocycles. The first-order valence-corrected chi connectivity index (χ1v) is 15.4. The molecule has 1 aromatic carbocycles. The van der Waals surface area contributed by atoms with Crippen LogP contribution in [0.3, 0.4) is 0 Å². The summed E-state index contributed by atoms with van der Waals surface area (Å²) >= 11 is 0. The Morgan fingerprint density at radius 1 is 1.20 bits per heavy atom. The SMILES string of the molecule is COC(=O)[C@H](C)NP(=O)(OC[C@@]1(C)O[C@@H](C2C(C)C=C3C(N)=NC=NN32)[C@H](O)[C@@H]1O)Oc1ccc(C[C@H](N)C(=O)OC)cc1. The van der Waals surface area contributed by atoms with Crippen LogP contribution in [0.2, 0.25) is 0 Å². The zero-order chi connectivity index (χ0) is 32.4. The van der Waals surface area contributed by atoms with E-state index < -0.39 is 68.3 Å². The molecule has 44 heavy (non-hydrogen) atoms. The molecule has 1 fully saturated rings.